The predicted octanol–water partition coefficient (Wildman–Crippen LogP) is 5.23. The van der Waals surface area contributed by atoms with E-state index in [1.165, 1.54) is 11.1 Å². The molecular formula is C30H29N5O3. The van der Waals surface area contributed by atoms with Crippen LogP contribution in [-0.4, -0.2) is 30.6 Å². The maximum absolute atomic E-state index is 13.4. The number of rotatable bonds is 7. The summed E-state index contributed by atoms with van der Waals surface area (Å²) in [5.41, 5.74) is 5.84. The minimum absolute atomic E-state index is 0.225. The van der Waals surface area contributed by atoms with E-state index in [1.807, 2.05) is 42.5 Å². The molecule has 2 heterocycles. The highest BCUT2D eigenvalue weighted by atomic mass is 16.5. The lowest BCUT2D eigenvalue weighted by Crippen LogP contribution is -2.33. The quantitative estimate of drug-likeness (QED) is 0.319. The van der Waals surface area contributed by atoms with E-state index >= 15 is 0 Å². The molecule has 0 radical (unpaired) electrons. The molecule has 0 spiro atoms. The molecular weight excluding hydrogens is 478 g/mol. The van der Waals surface area contributed by atoms with E-state index in [4.69, 9.17) is 4.74 Å². The van der Waals surface area contributed by atoms with Crippen LogP contribution in [0.2, 0.25) is 0 Å². The highest BCUT2D eigenvalue weighted by Crippen LogP contribution is 2.30. The van der Waals surface area contributed by atoms with E-state index in [-0.39, 0.29) is 5.91 Å². The van der Waals surface area contributed by atoms with Gasteiger partial charge in [0, 0.05) is 43.4 Å². The summed E-state index contributed by atoms with van der Waals surface area (Å²) in [5, 5.41) is 8.64. The number of carbonyl (C=O) groups excluding carboxylic acids is 2. The van der Waals surface area contributed by atoms with Crippen molar-refractivity contribution in [3.63, 3.8) is 0 Å². The maximum Gasteiger partial charge on any atom is 0.323 e. The molecule has 192 valence electrons. The zero-order valence-electron chi connectivity index (χ0n) is 21.1. The van der Waals surface area contributed by atoms with Gasteiger partial charge < -0.3 is 25.6 Å². The van der Waals surface area contributed by atoms with Gasteiger partial charge in [-0.15, -0.1) is 0 Å². The maximum atomic E-state index is 13.4. The van der Waals surface area contributed by atoms with E-state index in [0.29, 0.717) is 35.8 Å². The van der Waals surface area contributed by atoms with Crippen LogP contribution in [-0.2, 0) is 19.5 Å². The Hall–Kier alpha value is -4.85. The number of carbonyl (C=O) groups is 2. The summed E-state index contributed by atoms with van der Waals surface area (Å²) in [6.07, 6.45) is 4.32. The Kier molecular flexibility index (Phi) is 7.49. The largest absolute Gasteiger partial charge is 0.495 e. The first-order valence-corrected chi connectivity index (χ1v) is 12.4. The minimum atomic E-state index is -0.434. The Morgan fingerprint density at radius 1 is 0.947 bits per heavy atom. The lowest BCUT2D eigenvalue weighted by Gasteiger charge is -2.32. The molecule has 4 aromatic rings. The van der Waals surface area contributed by atoms with Gasteiger partial charge in [0.05, 0.1) is 18.4 Å². The van der Waals surface area contributed by atoms with Crippen molar-refractivity contribution in [1.82, 2.24) is 10.3 Å². The third-order valence-electron chi connectivity index (χ3n) is 6.50. The number of anilines is 3. The standard InChI is InChI=1S/C30H29N5O3/c1-38-28-11-5-4-10-26(28)34-30(37)33-24-12-13-27(35-16-14-22-8-2-3-9-23(22)20-35)25(17-24)29(36)32-19-21-7-6-15-31-18-21/h2-13,15,17-18H,14,16,19-20H2,1H3,(H,32,36)(H2,33,34,37). The monoisotopic (exact) mass is 507 g/mol. The molecule has 3 aromatic carbocycles. The molecule has 0 saturated carbocycles. The summed E-state index contributed by atoms with van der Waals surface area (Å²) in [6, 6.07) is 24.3. The van der Waals surface area contributed by atoms with Crippen LogP contribution in [0.5, 0.6) is 5.75 Å². The fourth-order valence-corrected chi connectivity index (χ4v) is 4.59. The number of nitrogens with zero attached hydrogens (tertiary/aromatic N) is 2. The molecule has 0 fully saturated rings. The highest BCUT2D eigenvalue weighted by Gasteiger charge is 2.22. The number of aromatic nitrogens is 1. The van der Waals surface area contributed by atoms with E-state index in [0.717, 1.165) is 24.2 Å². The molecule has 3 amide bonds. The molecule has 0 saturated heterocycles. The van der Waals surface area contributed by atoms with Crippen LogP contribution in [0, 0.1) is 0 Å². The SMILES string of the molecule is COc1ccccc1NC(=O)Nc1ccc(N2CCc3ccccc3C2)c(C(=O)NCc2cccnc2)c1. The number of amides is 3. The van der Waals surface area contributed by atoms with Gasteiger partial charge in [-0.05, 0) is 59.5 Å². The first kappa shape index (κ1) is 24.8. The van der Waals surface area contributed by atoms with Gasteiger partial charge in [-0.1, -0.05) is 42.5 Å². The number of methoxy groups -OCH3 is 1. The zero-order chi connectivity index (χ0) is 26.3. The van der Waals surface area contributed by atoms with Gasteiger partial charge in [-0.3, -0.25) is 9.78 Å². The van der Waals surface area contributed by atoms with Crippen LogP contribution in [0.15, 0.2) is 91.3 Å². The Morgan fingerprint density at radius 2 is 1.76 bits per heavy atom. The van der Waals surface area contributed by atoms with Crippen molar-refractivity contribution in [2.75, 3.05) is 29.2 Å². The summed E-state index contributed by atoms with van der Waals surface area (Å²) >= 11 is 0. The van der Waals surface area contributed by atoms with Gasteiger partial charge >= 0.3 is 6.03 Å². The summed E-state index contributed by atoms with van der Waals surface area (Å²) < 4.78 is 5.31. The van der Waals surface area contributed by atoms with Gasteiger partial charge in [0.2, 0.25) is 0 Å². The summed E-state index contributed by atoms with van der Waals surface area (Å²) in [6.45, 7) is 1.85. The number of benzene rings is 3. The van der Waals surface area contributed by atoms with Gasteiger partial charge in [0.1, 0.15) is 5.75 Å². The number of hydrogen-bond donors (Lipinski definition) is 3. The molecule has 5 rings (SSSR count). The number of urea groups is 1. The average molecular weight is 508 g/mol. The Labute approximate surface area is 221 Å². The Balaban J connectivity index is 1.38. The van der Waals surface area contributed by atoms with Crippen LogP contribution in [0.1, 0.15) is 27.0 Å². The van der Waals surface area contributed by atoms with E-state index in [1.54, 1.807) is 37.7 Å². The van der Waals surface area contributed by atoms with Crippen LogP contribution in [0.4, 0.5) is 21.9 Å². The smallest absolute Gasteiger partial charge is 0.323 e. The van der Waals surface area contributed by atoms with Crippen molar-refractivity contribution in [2.45, 2.75) is 19.5 Å². The van der Waals surface area contributed by atoms with Crippen molar-refractivity contribution >= 4 is 29.0 Å². The van der Waals surface area contributed by atoms with E-state index < -0.39 is 6.03 Å². The number of nitrogens with one attached hydrogen (secondary N) is 3. The zero-order valence-corrected chi connectivity index (χ0v) is 21.1. The molecule has 8 nitrogen and oxygen atoms in total. The second-order valence-corrected chi connectivity index (χ2v) is 9.00. The van der Waals surface area contributed by atoms with Crippen molar-refractivity contribution in [2.24, 2.45) is 0 Å². The Morgan fingerprint density at radius 3 is 2.58 bits per heavy atom. The van der Waals surface area contributed by atoms with Crippen molar-refractivity contribution < 1.29 is 14.3 Å². The molecule has 0 atom stereocenters. The highest BCUT2D eigenvalue weighted by molar-refractivity contribution is 6.04. The van der Waals surface area contributed by atoms with Gasteiger partial charge in [0.25, 0.3) is 5.91 Å². The van der Waals surface area contributed by atoms with Crippen molar-refractivity contribution in [3.8, 4) is 5.75 Å². The number of ether oxygens (including phenoxy) is 1. The molecule has 0 unspecified atom stereocenters. The number of pyridine rings is 1. The lowest BCUT2D eigenvalue weighted by molar-refractivity contribution is 0.0951. The summed E-state index contributed by atoms with van der Waals surface area (Å²) in [4.78, 5) is 32.5. The van der Waals surface area contributed by atoms with Gasteiger partial charge in [0.15, 0.2) is 0 Å². The summed E-state index contributed by atoms with van der Waals surface area (Å²) in [5.74, 6) is 0.329. The third-order valence-corrected chi connectivity index (χ3v) is 6.50. The molecule has 0 bridgehead atoms. The summed E-state index contributed by atoms with van der Waals surface area (Å²) in [7, 11) is 1.55. The lowest BCUT2D eigenvalue weighted by atomic mass is 9.98. The number of para-hydroxylation sites is 2. The van der Waals surface area contributed by atoms with E-state index in [2.05, 4.69) is 44.0 Å². The molecule has 0 aliphatic carbocycles. The van der Waals surface area contributed by atoms with Crippen LogP contribution in [0.3, 0.4) is 0 Å². The minimum Gasteiger partial charge on any atom is -0.495 e. The molecule has 38 heavy (non-hydrogen) atoms. The molecule has 1 aromatic heterocycles. The number of fused-ring (bicyclic) bond motifs is 1. The molecule has 1 aliphatic heterocycles. The Bertz CT molecular complexity index is 1440. The fraction of sp³-hybridized carbons (Fsp3) is 0.167. The molecule has 8 heteroatoms. The van der Waals surface area contributed by atoms with Crippen LogP contribution < -0.4 is 25.6 Å². The van der Waals surface area contributed by atoms with Crippen molar-refractivity contribution in [3.05, 3.63) is 114 Å². The number of hydrogen-bond acceptors (Lipinski definition) is 5. The third kappa shape index (κ3) is 5.75. The van der Waals surface area contributed by atoms with E-state index in [9.17, 15) is 9.59 Å². The average Bonchev–Trinajstić information content (AvgIpc) is 2.96. The van der Waals surface area contributed by atoms with Crippen LogP contribution >= 0.6 is 0 Å². The van der Waals surface area contributed by atoms with Crippen LogP contribution in [0.25, 0.3) is 0 Å². The topological polar surface area (TPSA) is 95.6 Å². The molecule has 1 aliphatic rings. The first-order valence-electron chi connectivity index (χ1n) is 12.4. The predicted molar refractivity (Wildman–Crippen MR) is 149 cm³/mol. The van der Waals surface area contributed by atoms with Crippen molar-refractivity contribution in [1.29, 1.82) is 0 Å². The second kappa shape index (κ2) is 11.5. The van der Waals surface area contributed by atoms with Gasteiger partial charge in [-0.25, -0.2) is 4.79 Å². The molecule has 3 N–H and O–H groups in total. The normalized spacial score (nSPS) is 12.3. The first-order chi connectivity index (χ1) is 18.6. The van der Waals surface area contributed by atoms with Gasteiger partial charge in [-0.2, -0.15) is 0 Å². The second-order valence-electron chi connectivity index (χ2n) is 9.00. The fourth-order valence-electron chi connectivity index (χ4n) is 4.59.